The number of carbonyl (C=O) groups excluding carboxylic acids is 1. The van der Waals surface area contributed by atoms with Gasteiger partial charge in [-0.05, 0) is 12.3 Å². The Balaban J connectivity index is 1.64. The number of hydrogen-bond acceptors (Lipinski definition) is 5. The highest BCUT2D eigenvalue weighted by Crippen LogP contribution is 2.31. The molecule has 2 fully saturated rings. The minimum atomic E-state index is -0.151. The van der Waals surface area contributed by atoms with E-state index >= 15 is 0 Å². The average molecular weight is 314 g/mol. The Bertz CT molecular complexity index is 693. The smallest absolute Gasteiger partial charge is 0.242 e. The van der Waals surface area contributed by atoms with Crippen molar-refractivity contribution in [2.24, 2.45) is 5.92 Å². The highest BCUT2D eigenvalue weighted by atomic mass is 16.2. The average Bonchev–Trinajstić information content (AvgIpc) is 3.06. The fourth-order valence-corrected chi connectivity index (χ4v) is 3.89. The second kappa shape index (κ2) is 6.14. The van der Waals surface area contributed by atoms with Crippen LogP contribution in [0.1, 0.15) is 38.5 Å². The number of nitrogens with one attached hydrogen (secondary N) is 1. The van der Waals surface area contributed by atoms with Crippen LogP contribution in [0, 0.1) is 5.92 Å². The summed E-state index contributed by atoms with van der Waals surface area (Å²) in [5.74, 6) is 1.52. The molecule has 2 aliphatic rings. The van der Waals surface area contributed by atoms with Gasteiger partial charge in [-0.2, -0.15) is 0 Å². The van der Waals surface area contributed by atoms with E-state index in [9.17, 15) is 4.79 Å². The van der Waals surface area contributed by atoms with Crippen molar-refractivity contribution in [3.8, 4) is 0 Å². The van der Waals surface area contributed by atoms with Gasteiger partial charge in [0.15, 0.2) is 5.82 Å². The quantitative estimate of drug-likeness (QED) is 0.927. The fraction of sp³-hybridized carbons (Fsp3) is 0.625. The molecule has 2 aromatic rings. The molecule has 1 aliphatic carbocycles. The number of anilines is 1. The van der Waals surface area contributed by atoms with Crippen LogP contribution in [0.5, 0.6) is 0 Å². The van der Waals surface area contributed by atoms with Crippen molar-refractivity contribution >= 4 is 17.4 Å². The van der Waals surface area contributed by atoms with E-state index in [0.717, 1.165) is 24.4 Å². The van der Waals surface area contributed by atoms with Crippen LogP contribution in [-0.4, -0.2) is 44.6 Å². The molecule has 1 saturated heterocycles. The molecule has 0 bridgehead atoms. The molecule has 1 N–H and O–H groups in total. The molecule has 0 spiro atoms. The standard InChI is InChI=1S/C16H22N6O/c23-16-13(10-12-4-2-1-3-5-12)22(9-7-18-16)14-15-20-19-11-21(15)8-6-17-14/h6,8,11-13H,1-5,7,9-10H2,(H,18,23)/t13-/m1/s1. The van der Waals surface area contributed by atoms with E-state index < -0.39 is 0 Å². The zero-order chi connectivity index (χ0) is 15.6. The minimum Gasteiger partial charge on any atom is -0.353 e. The lowest BCUT2D eigenvalue weighted by Gasteiger charge is -2.38. The van der Waals surface area contributed by atoms with Crippen molar-refractivity contribution in [3.05, 3.63) is 18.7 Å². The molecule has 3 heterocycles. The second-order valence-electron chi connectivity index (χ2n) is 6.55. The summed E-state index contributed by atoms with van der Waals surface area (Å²) in [4.78, 5) is 19.1. The van der Waals surface area contributed by atoms with Gasteiger partial charge in [0, 0.05) is 25.5 Å². The lowest BCUT2D eigenvalue weighted by Crippen LogP contribution is -2.56. The van der Waals surface area contributed by atoms with Gasteiger partial charge in [-0.3, -0.25) is 9.20 Å². The first-order valence-electron chi connectivity index (χ1n) is 8.51. The van der Waals surface area contributed by atoms with Crippen LogP contribution in [0.3, 0.4) is 0 Å². The van der Waals surface area contributed by atoms with Gasteiger partial charge in [0.2, 0.25) is 11.6 Å². The SMILES string of the molecule is O=C1NCCN(c2nccn3cnnc23)[C@@H]1CC1CCCCC1. The van der Waals surface area contributed by atoms with Crippen LogP contribution < -0.4 is 10.2 Å². The van der Waals surface area contributed by atoms with Crippen LogP contribution >= 0.6 is 0 Å². The third kappa shape index (κ3) is 2.75. The summed E-state index contributed by atoms with van der Waals surface area (Å²) < 4.78 is 1.85. The van der Waals surface area contributed by atoms with E-state index in [2.05, 4.69) is 25.4 Å². The Labute approximate surface area is 135 Å². The highest BCUT2D eigenvalue weighted by Gasteiger charge is 2.34. The van der Waals surface area contributed by atoms with Crippen LogP contribution in [0.15, 0.2) is 18.7 Å². The summed E-state index contributed by atoms with van der Waals surface area (Å²) in [7, 11) is 0. The molecule has 4 rings (SSSR count). The Kier molecular flexibility index (Phi) is 3.85. The minimum absolute atomic E-state index is 0.116. The first-order chi connectivity index (χ1) is 11.3. The summed E-state index contributed by atoms with van der Waals surface area (Å²) in [5.41, 5.74) is 0.718. The third-order valence-electron chi connectivity index (χ3n) is 5.08. The Morgan fingerprint density at radius 2 is 2.13 bits per heavy atom. The van der Waals surface area contributed by atoms with Crippen LogP contribution in [0.2, 0.25) is 0 Å². The molecule has 1 aliphatic heterocycles. The highest BCUT2D eigenvalue weighted by molar-refractivity contribution is 5.87. The van der Waals surface area contributed by atoms with Crippen LogP contribution in [0.25, 0.3) is 5.65 Å². The molecule has 23 heavy (non-hydrogen) atoms. The van der Waals surface area contributed by atoms with Gasteiger partial charge in [-0.25, -0.2) is 4.98 Å². The van der Waals surface area contributed by atoms with E-state index in [1.807, 2.05) is 10.6 Å². The Morgan fingerprint density at radius 3 is 3.00 bits per heavy atom. The number of carbonyl (C=O) groups is 1. The largest absolute Gasteiger partial charge is 0.353 e. The molecule has 0 aromatic carbocycles. The van der Waals surface area contributed by atoms with Crippen molar-refractivity contribution in [2.45, 2.75) is 44.6 Å². The van der Waals surface area contributed by atoms with Crippen LogP contribution in [0.4, 0.5) is 5.82 Å². The monoisotopic (exact) mass is 314 g/mol. The molecule has 1 saturated carbocycles. The molecule has 1 atom stereocenters. The first-order valence-corrected chi connectivity index (χ1v) is 8.51. The Morgan fingerprint density at radius 1 is 1.26 bits per heavy atom. The summed E-state index contributed by atoms with van der Waals surface area (Å²) in [5, 5.41) is 11.2. The van der Waals surface area contributed by atoms with E-state index in [-0.39, 0.29) is 11.9 Å². The van der Waals surface area contributed by atoms with Crippen molar-refractivity contribution in [3.63, 3.8) is 0 Å². The predicted octanol–water partition coefficient (Wildman–Crippen LogP) is 1.40. The fourth-order valence-electron chi connectivity index (χ4n) is 3.89. The molecule has 7 nitrogen and oxygen atoms in total. The van der Waals surface area contributed by atoms with Crippen molar-refractivity contribution in [1.82, 2.24) is 24.9 Å². The van der Waals surface area contributed by atoms with Crippen LogP contribution in [-0.2, 0) is 4.79 Å². The molecule has 122 valence electrons. The normalized spacial score (nSPS) is 23.2. The van der Waals surface area contributed by atoms with E-state index in [1.54, 1.807) is 12.5 Å². The molecule has 1 amide bonds. The molecule has 0 radical (unpaired) electrons. The number of fused-ring (bicyclic) bond motifs is 1. The summed E-state index contributed by atoms with van der Waals surface area (Å²) in [6.45, 7) is 1.42. The van der Waals surface area contributed by atoms with Gasteiger partial charge in [0.05, 0.1) is 0 Å². The summed E-state index contributed by atoms with van der Waals surface area (Å²) in [6.07, 6.45) is 12.5. The first kappa shape index (κ1) is 14.4. The lowest BCUT2D eigenvalue weighted by molar-refractivity contribution is -0.123. The van der Waals surface area contributed by atoms with Crippen molar-refractivity contribution in [1.29, 1.82) is 0 Å². The predicted molar refractivity (Wildman–Crippen MR) is 86.1 cm³/mol. The number of piperazine rings is 1. The van der Waals surface area contributed by atoms with Gasteiger partial charge in [0.25, 0.3) is 0 Å². The van der Waals surface area contributed by atoms with Gasteiger partial charge >= 0.3 is 0 Å². The van der Waals surface area contributed by atoms with Gasteiger partial charge in [0.1, 0.15) is 12.4 Å². The third-order valence-corrected chi connectivity index (χ3v) is 5.08. The number of nitrogens with zero attached hydrogens (tertiary/aromatic N) is 5. The molecular weight excluding hydrogens is 292 g/mol. The number of rotatable bonds is 3. The molecule has 7 heteroatoms. The van der Waals surface area contributed by atoms with Gasteiger partial charge in [-0.15, -0.1) is 10.2 Å². The van der Waals surface area contributed by atoms with Gasteiger partial charge < -0.3 is 10.2 Å². The van der Waals surface area contributed by atoms with Crippen molar-refractivity contribution in [2.75, 3.05) is 18.0 Å². The van der Waals surface area contributed by atoms with Gasteiger partial charge in [-0.1, -0.05) is 32.1 Å². The molecular formula is C16H22N6O. The number of amides is 1. The zero-order valence-electron chi connectivity index (χ0n) is 13.2. The maximum absolute atomic E-state index is 12.5. The van der Waals surface area contributed by atoms with E-state index in [4.69, 9.17) is 0 Å². The number of hydrogen-bond donors (Lipinski definition) is 1. The summed E-state index contributed by atoms with van der Waals surface area (Å²) >= 11 is 0. The number of aromatic nitrogens is 4. The lowest BCUT2D eigenvalue weighted by atomic mass is 9.84. The van der Waals surface area contributed by atoms with Crippen molar-refractivity contribution < 1.29 is 4.79 Å². The zero-order valence-corrected chi connectivity index (χ0v) is 13.2. The van der Waals surface area contributed by atoms with E-state index in [1.165, 1.54) is 32.1 Å². The maximum Gasteiger partial charge on any atom is 0.242 e. The second-order valence-corrected chi connectivity index (χ2v) is 6.55. The van der Waals surface area contributed by atoms with E-state index in [0.29, 0.717) is 12.5 Å². The molecule has 2 aromatic heterocycles. The summed E-state index contributed by atoms with van der Waals surface area (Å²) in [6, 6.07) is -0.151. The molecule has 0 unspecified atom stereocenters. The maximum atomic E-state index is 12.5. The topological polar surface area (TPSA) is 75.4 Å². The Hall–Kier alpha value is -2.18.